The predicted octanol–water partition coefficient (Wildman–Crippen LogP) is 3.33. The smallest absolute Gasteiger partial charge is 0.252 e. The van der Waals surface area contributed by atoms with Gasteiger partial charge in [-0.15, -0.1) is 0 Å². The number of hydrogen-bond acceptors (Lipinski definition) is 5. The third kappa shape index (κ3) is 7.08. The van der Waals surface area contributed by atoms with E-state index < -0.39 is 5.91 Å². The van der Waals surface area contributed by atoms with Gasteiger partial charge in [-0.3, -0.25) is 9.59 Å². The topological polar surface area (TPSA) is 114 Å². The van der Waals surface area contributed by atoms with Crippen molar-refractivity contribution in [2.75, 3.05) is 13.2 Å². The number of aryl methyl sites for hydroxylation is 1. The van der Waals surface area contributed by atoms with Gasteiger partial charge in [0.25, 0.3) is 5.91 Å². The van der Waals surface area contributed by atoms with E-state index in [4.69, 9.17) is 25.7 Å². The molecule has 0 bridgehead atoms. The molecule has 7 nitrogen and oxygen atoms in total. The van der Waals surface area contributed by atoms with Gasteiger partial charge in [-0.25, -0.2) is 0 Å². The Bertz CT molecular complexity index is 877. The van der Waals surface area contributed by atoms with E-state index >= 15 is 0 Å². The van der Waals surface area contributed by atoms with Crippen molar-refractivity contribution >= 4 is 11.8 Å². The minimum atomic E-state index is -0.492. The van der Waals surface area contributed by atoms with Crippen molar-refractivity contribution in [3.63, 3.8) is 0 Å². The first kappa shape index (κ1) is 22.8. The van der Waals surface area contributed by atoms with E-state index in [0.29, 0.717) is 29.3 Å². The fraction of sp³-hybridized carbons (Fsp3) is 0.417. The highest BCUT2D eigenvalue weighted by molar-refractivity contribution is 5.95. The summed E-state index contributed by atoms with van der Waals surface area (Å²) in [7, 11) is 0. The van der Waals surface area contributed by atoms with E-state index in [2.05, 4.69) is 0 Å². The number of benzene rings is 2. The lowest BCUT2D eigenvalue weighted by atomic mass is 10.2. The average molecular weight is 427 g/mol. The van der Waals surface area contributed by atoms with Gasteiger partial charge in [0, 0.05) is 19.1 Å². The summed E-state index contributed by atoms with van der Waals surface area (Å²) in [5.41, 5.74) is 11.6. The molecule has 2 unspecified atom stereocenters. The number of fused-ring (bicyclic) bond motifs is 1. The minimum absolute atomic E-state index is 0.130. The third-order valence-corrected chi connectivity index (χ3v) is 5.23. The zero-order valence-electron chi connectivity index (χ0n) is 17.8. The van der Waals surface area contributed by atoms with Crippen LogP contribution in [0.1, 0.15) is 41.6 Å². The zero-order chi connectivity index (χ0) is 22.2. The first-order valence-corrected chi connectivity index (χ1v) is 10.6. The second kappa shape index (κ2) is 10.9. The summed E-state index contributed by atoms with van der Waals surface area (Å²) in [6.45, 7) is 3.80. The second-order valence-corrected chi connectivity index (χ2v) is 7.85. The van der Waals surface area contributed by atoms with Crippen molar-refractivity contribution in [1.29, 1.82) is 0 Å². The van der Waals surface area contributed by atoms with Crippen LogP contribution in [0, 0.1) is 12.8 Å². The summed E-state index contributed by atoms with van der Waals surface area (Å²) < 4.78 is 16.4. The Morgan fingerprint density at radius 1 is 0.903 bits per heavy atom. The van der Waals surface area contributed by atoms with Crippen molar-refractivity contribution < 1.29 is 23.8 Å². The van der Waals surface area contributed by atoms with E-state index in [1.54, 1.807) is 24.3 Å². The molecule has 0 radical (unpaired) electrons. The molecular weight excluding hydrogens is 396 g/mol. The van der Waals surface area contributed by atoms with Crippen molar-refractivity contribution in [3.8, 4) is 11.5 Å². The Morgan fingerprint density at radius 3 is 2.06 bits per heavy atom. The maximum atomic E-state index is 11.2. The van der Waals surface area contributed by atoms with Crippen molar-refractivity contribution in [2.45, 2.75) is 44.8 Å². The lowest BCUT2D eigenvalue weighted by molar-refractivity contribution is -0.119. The third-order valence-electron chi connectivity index (χ3n) is 5.23. The van der Waals surface area contributed by atoms with Crippen LogP contribution < -0.4 is 16.2 Å². The standard InChI is InChI=1S/C14H13NO2.C6H10O2.C4H7NO/c1-10-5-4-6-11(9-10)17-13-8-3-2-7-12(13)14(15)16;1-3-7-6-2-4-8-5(1)6;5-4(6)3-1-2-3/h2-9H,1H3,(H2,15,16);5-6H,1-4H2;3H,1-2H2,(H2,5,6). The summed E-state index contributed by atoms with van der Waals surface area (Å²) in [5, 5.41) is 0. The molecule has 0 aromatic heterocycles. The van der Waals surface area contributed by atoms with Crippen LogP contribution in [0.4, 0.5) is 0 Å². The van der Waals surface area contributed by atoms with Gasteiger partial charge in [0.05, 0.1) is 17.8 Å². The average Bonchev–Trinajstić information content (AvgIpc) is 3.35. The Labute approximate surface area is 182 Å². The highest BCUT2D eigenvalue weighted by Crippen LogP contribution is 2.28. The van der Waals surface area contributed by atoms with Crippen LogP contribution in [0.25, 0.3) is 0 Å². The molecule has 166 valence electrons. The number of amides is 2. The van der Waals surface area contributed by atoms with Gasteiger partial charge in [-0.05, 0) is 62.4 Å². The Kier molecular flexibility index (Phi) is 8.03. The molecule has 2 atom stereocenters. The van der Waals surface area contributed by atoms with Crippen LogP contribution in [0.15, 0.2) is 48.5 Å². The first-order valence-electron chi connectivity index (χ1n) is 10.6. The number of carbonyl (C=O) groups excluding carboxylic acids is 2. The van der Waals surface area contributed by atoms with Gasteiger partial charge in [0.1, 0.15) is 11.5 Å². The van der Waals surface area contributed by atoms with Gasteiger partial charge in [0.15, 0.2) is 0 Å². The number of para-hydroxylation sites is 1. The predicted molar refractivity (Wildman–Crippen MR) is 117 cm³/mol. The van der Waals surface area contributed by atoms with E-state index in [1.165, 1.54) is 0 Å². The molecule has 3 fully saturated rings. The summed E-state index contributed by atoms with van der Waals surface area (Å²) in [6.07, 6.45) is 5.19. The molecule has 7 heteroatoms. The zero-order valence-corrected chi connectivity index (χ0v) is 17.8. The Morgan fingerprint density at radius 2 is 1.55 bits per heavy atom. The summed E-state index contributed by atoms with van der Waals surface area (Å²) in [6, 6.07) is 14.5. The molecule has 2 aromatic rings. The van der Waals surface area contributed by atoms with Crippen molar-refractivity contribution in [3.05, 3.63) is 59.7 Å². The number of hydrogen-bond donors (Lipinski definition) is 2. The fourth-order valence-corrected chi connectivity index (χ4v) is 3.36. The molecule has 2 saturated heterocycles. The lowest BCUT2D eigenvalue weighted by Crippen LogP contribution is -2.13. The van der Waals surface area contributed by atoms with Crippen LogP contribution in [0.3, 0.4) is 0 Å². The molecule has 5 rings (SSSR count). The van der Waals surface area contributed by atoms with Crippen molar-refractivity contribution in [2.24, 2.45) is 17.4 Å². The molecule has 2 amide bonds. The van der Waals surface area contributed by atoms with E-state index in [0.717, 1.165) is 44.5 Å². The van der Waals surface area contributed by atoms with E-state index in [1.807, 2.05) is 31.2 Å². The highest BCUT2D eigenvalue weighted by atomic mass is 16.6. The molecule has 2 aromatic carbocycles. The normalized spacial score (nSPS) is 21.1. The number of nitrogens with two attached hydrogens (primary N) is 2. The van der Waals surface area contributed by atoms with Crippen LogP contribution in [0.2, 0.25) is 0 Å². The first-order chi connectivity index (χ1) is 14.9. The number of carbonyl (C=O) groups is 2. The quantitative estimate of drug-likeness (QED) is 0.778. The molecule has 2 aliphatic heterocycles. The van der Waals surface area contributed by atoms with Gasteiger partial charge < -0.3 is 25.7 Å². The Balaban J connectivity index is 0.000000158. The SMILES string of the molecule is C1CC2OCCC2O1.Cc1cccc(Oc2ccccc2C(N)=O)c1.NC(=O)C1CC1. The van der Waals surface area contributed by atoms with Crippen LogP contribution >= 0.6 is 0 Å². The molecule has 2 heterocycles. The molecular formula is C24H30N2O5. The summed E-state index contributed by atoms with van der Waals surface area (Å²) >= 11 is 0. The maximum Gasteiger partial charge on any atom is 0.252 e. The van der Waals surface area contributed by atoms with Crippen LogP contribution in [-0.2, 0) is 14.3 Å². The molecule has 4 N–H and O–H groups in total. The van der Waals surface area contributed by atoms with Crippen LogP contribution in [-0.4, -0.2) is 37.2 Å². The molecule has 31 heavy (non-hydrogen) atoms. The highest BCUT2D eigenvalue weighted by Gasteiger charge is 2.33. The summed E-state index contributed by atoms with van der Waals surface area (Å²) in [5.74, 6) is 0.789. The molecule has 1 aliphatic carbocycles. The number of primary amides is 2. The number of ether oxygens (including phenoxy) is 3. The van der Waals surface area contributed by atoms with Gasteiger partial charge in [-0.2, -0.15) is 0 Å². The molecule has 0 spiro atoms. The Hall–Kier alpha value is -2.90. The van der Waals surface area contributed by atoms with Gasteiger partial charge in [-0.1, -0.05) is 24.3 Å². The minimum Gasteiger partial charge on any atom is -0.457 e. The summed E-state index contributed by atoms with van der Waals surface area (Å²) in [4.78, 5) is 21.2. The van der Waals surface area contributed by atoms with Crippen molar-refractivity contribution in [1.82, 2.24) is 0 Å². The fourth-order valence-electron chi connectivity index (χ4n) is 3.36. The van der Waals surface area contributed by atoms with Crippen LogP contribution in [0.5, 0.6) is 11.5 Å². The van der Waals surface area contributed by atoms with Gasteiger partial charge >= 0.3 is 0 Å². The van der Waals surface area contributed by atoms with E-state index in [9.17, 15) is 9.59 Å². The second-order valence-electron chi connectivity index (χ2n) is 7.85. The van der Waals surface area contributed by atoms with Gasteiger partial charge in [0.2, 0.25) is 5.91 Å². The largest absolute Gasteiger partial charge is 0.457 e. The molecule has 3 aliphatic rings. The number of rotatable bonds is 4. The monoisotopic (exact) mass is 426 g/mol. The molecule has 1 saturated carbocycles. The lowest BCUT2D eigenvalue weighted by Gasteiger charge is -2.09. The maximum absolute atomic E-state index is 11.2. The van der Waals surface area contributed by atoms with E-state index in [-0.39, 0.29) is 11.8 Å².